The van der Waals surface area contributed by atoms with Gasteiger partial charge in [0.15, 0.2) is 0 Å². The van der Waals surface area contributed by atoms with Gasteiger partial charge in [-0.05, 0) is 55.5 Å². The summed E-state index contributed by atoms with van der Waals surface area (Å²) in [5.74, 6) is 1.37. The SMILES string of the molecule is COc1cc(CNC(=O)C23CCCC=C2N(c2ccccc2)C(=O)CC3)cc(OC)c1. The Hall–Kier alpha value is -3.28. The number of carbonyl (C=O) groups excluding carboxylic acids is 2. The molecule has 1 fully saturated rings. The first-order valence-corrected chi connectivity index (χ1v) is 10.7. The van der Waals surface area contributed by atoms with Crippen LogP contribution in [-0.4, -0.2) is 26.0 Å². The zero-order valence-corrected chi connectivity index (χ0v) is 18.0. The van der Waals surface area contributed by atoms with Crippen LogP contribution in [-0.2, 0) is 16.1 Å². The molecular weight excluding hydrogens is 392 g/mol. The van der Waals surface area contributed by atoms with E-state index in [4.69, 9.17) is 9.47 Å². The van der Waals surface area contributed by atoms with Crippen molar-refractivity contribution >= 4 is 17.5 Å². The first kappa shape index (κ1) is 21.0. The first-order chi connectivity index (χ1) is 15.1. The van der Waals surface area contributed by atoms with E-state index in [-0.39, 0.29) is 11.8 Å². The van der Waals surface area contributed by atoms with Crippen LogP contribution < -0.4 is 19.7 Å². The minimum absolute atomic E-state index is 0.0336. The molecule has 6 nitrogen and oxygen atoms in total. The maximum absolute atomic E-state index is 13.6. The monoisotopic (exact) mass is 420 g/mol. The van der Waals surface area contributed by atoms with Gasteiger partial charge in [-0.2, -0.15) is 0 Å². The number of carbonyl (C=O) groups is 2. The molecule has 2 aliphatic rings. The molecule has 0 saturated carbocycles. The van der Waals surface area contributed by atoms with Crippen molar-refractivity contribution in [1.82, 2.24) is 5.32 Å². The predicted octanol–water partition coefficient (Wildman–Crippen LogP) is 4.20. The smallest absolute Gasteiger partial charge is 0.232 e. The van der Waals surface area contributed by atoms with Crippen LogP contribution in [0.5, 0.6) is 11.5 Å². The van der Waals surface area contributed by atoms with Gasteiger partial charge < -0.3 is 14.8 Å². The second-order valence-corrected chi connectivity index (χ2v) is 8.03. The molecule has 1 aliphatic heterocycles. The van der Waals surface area contributed by atoms with Crippen LogP contribution in [0.2, 0.25) is 0 Å². The number of para-hydroxylation sites is 1. The summed E-state index contributed by atoms with van der Waals surface area (Å²) in [6, 6.07) is 15.2. The van der Waals surface area contributed by atoms with Crippen molar-refractivity contribution < 1.29 is 19.1 Å². The number of hydrogen-bond acceptors (Lipinski definition) is 4. The van der Waals surface area contributed by atoms with E-state index in [0.717, 1.165) is 36.2 Å². The molecule has 2 aromatic carbocycles. The Bertz CT molecular complexity index is 980. The van der Waals surface area contributed by atoms with Crippen molar-refractivity contribution in [3.05, 3.63) is 65.9 Å². The van der Waals surface area contributed by atoms with E-state index in [1.165, 1.54) is 0 Å². The second-order valence-electron chi connectivity index (χ2n) is 8.03. The summed E-state index contributed by atoms with van der Waals surface area (Å²) < 4.78 is 10.7. The van der Waals surface area contributed by atoms with Crippen LogP contribution in [0.15, 0.2) is 60.3 Å². The molecular formula is C25H28N2O4. The molecule has 1 unspecified atom stereocenters. The van der Waals surface area contributed by atoms with E-state index in [1.807, 2.05) is 42.5 Å². The molecule has 162 valence electrons. The maximum Gasteiger partial charge on any atom is 0.232 e. The second kappa shape index (κ2) is 8.84. The molecule has 31 heavy (non-hydrogen) atoms. The van der Waals surface area contributed by atoms with Crippen molar-refractivity contribution in [2.24, 2.45) is 5.41 Å². The number of hydrogen-bond donors (Lipinski definition) is 1. The molecule has 1 heterocycles. The molecule has 1 atom stereocenters. The largest absolute Gasteiger partial charge is 0.497 e. The van der Waals surface area contributed by atoms with E-state index >= 15 is 0 Å². The molecule has 1 saturated heterocycles. The van der Waals surface area contributed by atoms with Gasteiger partial charge in [-0.25, -0.2) is 0 Å². The Morgan fingerprint density at radius 3 is 2.45 bits per heavy atom. The van der Waals surface area contributed by atoms with Crippen molar-refractivity contribution in [3.8, 4) is 11.5 Å². The highest BCUT2D eigenvalue weighted by molar-refractivity contribution is 6.02. The molecule has 6 heteroatoms. The summed E-state index contributed by atoms with van der Waals surface area (Å²) in [4.78, 5) is 28.2. The van der Waals surface area contributed by atoms with Crippen molar-refractivity contribution in [1.29, 1.82) is 0 Å². The summed E-state index contributed by atoms with van der Waals surface area (Å²) in [6.07, 6.45) is 5.50. The van der Waals surface area contributed by atoms with E-state index < -0.39 is 5.41 Å². The topological polar surface area (TPSA) is 67.9 Å². The normalized spacial score (nSPS) is 20.5. The number of fused-ring (bicyclic) bond motifs is 1. The summed E-state index contributed by atoms with van der Waals surface area (Å²) in [5.41, 5.74) is 1.84. The predicted molar refractivity (Wildman–Crippen MR) is 119 cm³/mol. The van der Waals surface area contributed by atoms with Crippen LogP contribution in [0.3, 0.4) is 0 Å². The van der Waals surface area contributed by atoms with Crippen molar-refractivity contribution in [2.75, 3.05) is 19.1 Å². The molecule has 0 radical (unpaired) electrons. The van der Waals surface area contributed by atoms with Gasteiger partial charge in [-0.1, -0.05) is 24.3 Å². The maximum atomic E-state index is 13.6. The quantitative estimate of drug-likeness (QED) is 0.761. The zero-order valence-electron chi connectivity index (χ0n) is 18.0. The minimum Gasteiger partial charge on any atom is -0.497 e. The van der Waals surface area contributed by atoms with Gasteiger partial charge in [0.25, 0.3) is 0 Å². The number of nitrogens with zero attached hydrogens (tertiary/aromatic N) is 1. The molecule has 0 bridgehead atoms. The summed E-state index contributed by atoms with van der Waals surface area (Å²) in [6.45, 7) is 0.362. The highest BCUT2D eigenvalue weighted by atomic mass is 16.5. The van der Waals surface area contributed by atoms with E-state index in [9.17, 15) is 9.59 Å². The number of allylic oxidation sites excluding steroid dienone is 1. The molecule has 2 amide bonds. The first-order valence-electron chi connectivity index (χ1n) is 10.7. The summed E-state index contributed by atoms with van der Waals surface area (Å²) in [7, 11) is 3.21. The van der Waals surface area contributed by atoms with Gasteiger partial charge in [-0.3, -0.25) is 14.5 Å². The van der Waals surface area contributed by atoms with Gasteiger partial charge in [0.1, 0.15) is 11.5 Å². The Balaban J connectivity index is 1.60. The van der Waals surface area contributed by atoms with Gasteiger partial charge in [-0.15, -0.1) is 0 Å². The van der Waals surface area contributed by atoms with Gasteiger partial charge in [0, 0.05) is 30.4 Å². The van der Waals surface area contributed by atoms with Crippen LogP contribution in [0.4, 0.5) is 5.69 Å². The number of amides is 2. The number of anilines is 1. The number of ether oxygens (including phenoxy) is 2. The van der Waals surface area contributed by atoms with E-state index in [1.54, 1.807) is 25.2 Å². The van der Waals surface area contributed by atoms with Gasteiger partial charge >= 0.3 is 0 Å². The lowest BCUT2D eigenvalue weighted by Gasteiger charge is -2.45. The van der Waals surface area contributed by atoms with Crippen molar-refractivity contribution in [2.45, 2.75) is 38.6 Å². The third-order valence-corrected chi connectivity index (χ3v) is 6.20. The Morgan fingerprint density at radius 2 is 1.77 bits per heavy atom. The van der Waals surface area contributed by atoms with Crippen LogP contribution in [0, 0.1) is 5.41 Å². The van der Waals surface area contributed by atoms with Crippen LogP contribution >= 0.6 is 0 Å². The highest BCUT2D eigenvalue weighted by Crippen LogP contribution is 2.48. The van der Waals surface area contributed by atoms with E-state index in [2.05, 4.69) is 11.4 Å². The van der Waals surface area contributed by atoms with Crippen LogP contribution in [0.1, 0.15) is 37.7 Å². The fourth-order valence-electron chi connectivity index (χ4n) is 4.61. The molecule has 0 spiro atoms. The fourth-order valence-corrected chi connectivity index (χ4v) is 4.61. The van der Waals surface area contributed by atoms with E-state index in [0.29, 0.717) is 30.9 Å². The van der Waals surface area contributed by atoms with Crippen LogP contribution in [0.25, 0.3) is 0 Å². The number of rotatable bonds is 6. The number of methoxy groups -OCH3 is 2. The average molecular weight is 421 g/mol. The Labute approximate surface area is 182 Å². The molecule has 1 N–H and O–H groups in total. The molecule has 1 aliphatic carbocycles. The lowest BCUT2D eigenvalue weighted by Crippen LogP contribution is -2.53. The lowest BCUT2D eigenvalue weighted by molar-refractivity contribution is -0.132. The third kappa shape index (κ3) is 4.02. The Kier molecular flexibility index (Phi) is 5.98. The number of nitrogens with one attached hydrogen (secondary N) is 1. The Morgan fingerprint density at radius 1 is 1.06 bits per heavy atom. The van der Waals surface area contributed by atoms with Gasteiger partial charge in [0.05, 0.1) is 19.6 Å². The number of benzene rings is 2. The average Bonchev–Trinajstić information content (AvgIpc) is 2.82. The van der Waals surface area contributed by atoms with Gasteiger partial charge in [0.2, 0.25) is 11.8 Å². The fraction of sp³-hybridized carbons (Fsp3) is 0.360. The molecule has 0 aromatic heterocycles. The van der Waals surface area contributed by atoms with Crippen molar-refractivity contribution in [3.63, 3.8) is 0 Å². The molecule has 2 aromatic rings. The minimum atomic E-state index is -0.690. The molecule has 4 rings (SSSR count). The lowest BCUT2D eigenvalue weighted by atomic mass is 9.69. The zero-order chi connectivity index (χ0) is 21.8. The highest BCUT2D eigenvalue weighted by Gasteiger charge is 2.49. The number of piperidine rings is 1. The standard InChI is InChI=1S/C25H28N2O4/c1-30-20-14-18(15-21(16-20)31-2)17-26-24(29)25-12-7-6-10-22(25)27(23(28)11-13-25)19-8-4-3-5-9-19/h3-5,8-10,14-16H,6-7,11-13,17H2,1-2H3,(H,26,29). The summed E-state index contributed by atoms with van der Waals surface area (Å²) >= 11 is 0. The third-order valence-electron chi connectivity index (χ3n) is 6.20. The summed E-state index contributed by atoms with van der Waals surface area (Å²) in [5, 5.41) is 3.12.